The lowest BCUT2D eigenvalue weighted by Crippen LogP contribution is -2.01. The van der Waals surface area contributed by atoms with Crippen molar-refractivity contribution in [3.05, 3.63) is 42.5 Å². The van der Waals surface area contributed by atoms with Crippen molar-refractivity contribution in [1.82, 2.24) is 9.55 Å². The molecule has 0 radical (unpaired) electrons. The van der Waals surface area contributed by atoms with Crippen LogP contribution in [0, 0.1) is 0 Å². The van der Waals surface area contributed by atoms with Gasteiger partial charge in [0, 0.05) is 36.8 Å². The molecule has 0 amide bonds. The molecule has 5 nitrogen and oxygen atoms in total. The topological polar surface area (TPSA) is 59.6 Å². The molecule has 0 unspecified atom stereocenters. The zero-order valence-electron chi connectivity index (χ0n) is 12.5. The van der Waals surface area contributed by atoms with E-state index < -0.39 is 0 Å². The smallest absolute Gasteiger partial charge is 0.166 e. The van der Waals surface area contributed by atoms with Crippen LogP contribution in [0.25, 0.3) is 0 Å². The van der Waals surface area contributed by atoms with Crippen molar-refractivity contribution in [2.24, 2.45) is 4.99 Å². The number of ether oxygens (including phenoxy) is 1. The summed E-state index contributed by atoms with van der Waals surface area (Å²) in [6.07, 6.45) is 6.44. The van der Waals surface area contributed by atoms with Crippen LogP contribution in [0.1, 0.15) is 25.8 Å². The Morgan fingerprint density at radius 3 is 3.00 bits per heavy atom. The number of aliphatic imine (C=N–C) groups is 1. The van der Waals surface area contributed by atoms with Crippen molar-refractivity contribution in [2.45, 2.75) is 26.8 Å². The molecule has 1 heterocycles. The minimum atomic E-state index is 0.162. The van der Waals surface area contributed by atoms with Crippen LogP contribution in [0.2, 0.25) is 0 Å². The van der Waals surface area contributed by atoms with Crippen LogP contribution in [0.15, 0.2) is 41.9 Å². The van der Waals surface area contributed by atoms with Gasteiger partial charge in [-0.15, -0.1) is 0 Å². The molecule has 112 valence electrons. The minimum Gasteiger partial charge on any atom is -0.504 e. The van der Waals surface area contributed by atoms with Crippen molar-refractivity contribution < 1.29 is 9.84 Å². The van der Waals surface area contributed by atoms with E-state index in [-0.39, 0.29) is 5.75 Å². The first-order valence-corrected chi connectivity index (χ1v) is 7.14. The van der Waals surface area contributed by atoms with Crippen LogP contribution in [-0.2, 0) is 6.54 Å². The Morgan fingerprint density at radius 2 is 2.29 bits per heavy atom. The molecule has 0 saturated carbocycles. The third-order valence-electron chi connectivity index (χ3n) is 3.17. The molecule has 0 saturated heterocycles. The number of aromatic nitrogens is 2. The molecule has 0 aliphatic rings. The van der Waals surface area contributed by atoms with Crippen molar-refractivity contribution in [2.75, 3.05) is 13.2 Å². The molecule has 0 aliphatic carbocycles. The fourth-order valence-corrected chi connectivity index (χ4v) is 2.09. The van der Waals surface area contributed by atoms with E-state index in [4.69, 9.17) is 4.74 Å². The van der Waals surface area contributed by atoms with Crippen LogP contribution < -0.4 is 4.74 Å². The maximum absolute atomic E-state index is 10.2. The number of benzene rings is 1. The third-order valence-corrected chi connectivity index (χ3v) is 3.17. The van der Waals surface area contributed by atoms with E-state index in [0.29, 0.717) is 18.9 Å². The van der Waals surface area contributed by atoms with Gasteiger partial charge in [0.15, 0.2) is 11.5 Å². The van der Waals surface area contributed by atoms with E-state index >= 15 is 0 Å². The Labute approximate surface area is 124 Å². The molecule has 0 spiro atoms. The molecular formula is C16H21N3O2. The number of phenolic OH excluding ortho intramolecular Hbond substituents is 1. The standard InChI is InChI=1S/C16H21N3O2/c1-3-21-15-7-4-6-14(16(15)20)13(2)18-8-5-10-19-11-9-17-12-19/h4,6-7,9,11-12,20H,3,5,8,10H2,1-2H3/b18-13+. The summed E-state index contributed by atoms with van der Waals surface area (Å²) >= 11 is 0. The molecule has 0 bridgehead atoms. The Hall–Kier alpha value is -2.30. The summed E-state index contributed by atoms with van der Waals surface area (Å²) in [4.78, 5) is 8.53. The van der Waals surface area contributed by atoms with Crippen molar-refractivity contribution in [1.29, 1.82) is 0 Å². The molecule has 0 aliphatic heterocycles. The number of hydrogen-bond acceptors (Lipinski definition) is 4. The van der Waals surface area contributed by atoms with Gasteiger partial charge < -0.3 is 14.4 Å². The van der Waals surface area contributed by atoms with Gasteiger partial charge in [0.25, 0.3) is 0 Å². The van der Waals surface area contributed by atoms with Crippen LogP contribution in [0.3, 0.4) is 0 Å². The zero-order chi connectivity index (χ0) is 15.1. The van der Waals surface area contributed by atoms with Gasteiger partial charge in [0.05, 0.1) is 12.9 Å². The second-order valence-electron chi connectivity index (χ2n) is 4.71. The highest BCUT2D eigenvalue weighted by atomic mass is 16.5. The highest BCUT2D eigenvalue weighted by Gasteiger charge is 2.09. The van der Waals surface area contributed by atoms with Crippen LogP contribution >= 0.6 is 0 Å². The summed E-state index contributed by atoms with van der Waals surface area (Å²) in [5.41, 5.74) is 1.54. The highest BCUT2D eigenvalue weighted by Crippen LogP contribution is 2.30. The highest BCUT2D eigenvalue weighted by molar-refractivity contribution is 6.01. The van der Waals surface area contributed by atoms with Crippen LogP contribution in [-0.4, -0.2) is 33.5 Å². The second-order valence-corrected chi connectivity index (χ2v) is 4.71. The number of phenols is 1. The predicted octanol–water partition coefficient (Wildman–Crippen LogP) is 2.89. The molecular weight excluding hydrogens is 266 g/mol. The van der Waals surface area contributed by atoms with E-state index in [2.05, 4.69) is 9.98 Å². The first-order valence-electron chi connectivity index (χ1n) is 7.14. The maximum Gasteiger partial charge on any atom is 0.166 e. The Morgan fingerprint density at radius 1 is 1.43 bits per heavy atom. The summed E-state index contributed by atoms with van der Waals surface area (Å²) in [7, 11) is 0. The van der Waals surface area contributed by atoms with Crippen LogP contribution in [0.4, 0.5) is 0 Å². The van der Waals surface area contributed by atoms with Gasteiger partial charge in [-0.1, -0.05) is 6.07 Å². The van der Waals surface area contributed by atoms with Gasteiger partial charge in [-0.3, -0.25) is 4.99 Å². The van der Waals surface area contributed by atoms with Gasteiger partial charge in [-0.05, 0) is 32.4 Å². The molecule has 2 aromatic rings. The average molecular weight is 287 g/mol. The van der Waals surface area contributed by atoms with E-state index in [1.807, 2.05) is 36.7 Å². The number of aryl methyl sites for hydroxylation is 1. The monoisotopic (exact) mass is 287 g/mol. The lowest BCUT2D eigenvalue weighted by molar-refractivity contribution is 0.318. The number of imidazole rings is 1. The molecule has 1 aromatic heterocycles. The molecule has 5 heteroatoms. The molecule has 21 heavy (non-hydrogen) atoms. The normalized spacial score (nSPS) is 11.6. The van der Waals surface area contributed by atoms with Crippen molar-refractivity contribution in [3.63, 3.8) is 0 Å². The van der Waals surface area contributed by atoms with Crippen LogP contribution in [0.5, 0.6) is 11.5 Å². The molecule has 2 rings (SSSR count). The zero-order valence-corrected chi connectivity index (χ0v) is 12.5. The van der Waals surface area contributed by atoms with E-state index in [1.165, 1.54) is 0 Å². The van der Waals surface area contributed by atoms with Gasteiger partial charge in [0.2, 0.25) is 0 Å². The van der Waals surface area contributed by atoms with Gasteiger partial charge in [-0.2, -0.15) is 0 Å². The maximum atomic E-state index is 10.2. The lowest BCUT2D eigenvalue weighted by Gasteiger charge is -2.10. The summed E-state index contributed by atoms with van der Waals surface area (Å²) in [6, 6.07) is 5.48. The largest absolute Gasteiger partial charge is 0.504 e. The van der Waals surface area contributed by atoms with E-state index in [9.17, 15) is 5.11 Å². The first kappa shape index (κ1) is 15.1. The van der Waals surface area contributed by atoms with E-state index in [0.717, 1.165) is 24.2 Å². The summed E-state index contributed by atoms with van der Waals surface area (Å²) in [5, 5.41) is 10.2. The number of hydrogen-bond donors (Lipinski definition) is 1. The summed E-state index contributed by atoms with van der Waals surface area (Å²) < 4.78 is 7.41. The SMILES string of the molecule is CCOc1cccc(/C(C)=N/CCCn2ccnc2)c1O. The van der Waals surface area contributed by atoms with Gasteiger partial charge in [-0.25, -0.2) is 4.98 Å². The van der Waals surface area contributed by atoms with Crippen molar-refractivity contribution in [3.8, 4) is 11.5 Å². The van der Waals surface area contributed by atoms with Crippen molar-refractivity contribution >= 4 is 5.71 Å². The lowest BCUT2D eigenvalue weighted by atomic mass is 10.1. The molecule has 0 fully saturated rings. The fourth-order valence-electron chi connectivity index (χ4n) is 2.09. The van der Waals surface area contributed by atoms with E-state index in [1.54, 1.807) is 18.6 Å². The Bertz CT molecular complexity index is 592. The summed E-state index contributed by atoms with van der Waals surface area (Å²) in [5.74, 6) is 0.665. The molecule has 1 N–H and O–H groups in total. The number of aromatic hydroxyl groups is 1. The predicted molar refractivity (Wildman–Crippen MR) is 83.2 cm³/mol. The molecule has 1 aromatic carbocycles. The number of rotatable bonds is 7. The quantitative estimate of drug-likeness (QED) is 0.629. The number of para-hydroxylation sites is 1. The second kappa shape index (κ2) is 7.47. The summed E-state index contributed by atoms with van der Waals surface area (Å²) in [6.45, 7) is 5.92. The van der Waals surface area contributed by atoms with Gasteiger partial charge >= 0.3 is 0 Å². The Kier molecular flexibility index (Phi) is 5.37. The number of nitrogens with zero attached hydrogens (tertiary/aromatic N) is 3. The first-order chi connectivity index (χ1) is 10.2. The average Bonchev–Trinajstić information content (AvgIpc) is 2.99. The minimum absolute atomic E-state index is 0.162. The fraction of sp³-hybridized carbons (Fsp3) is 0.375. The third kappa shape index (κ3) is 4.08. The molecule has 0 atom stereocenters. The Balaban J connectivity index is 1.97. The van der Waals surface area contributed by atoms with Gasteiger partial charge in [0.1, 0.15) is 0 Å².